The molecule has 3 rings (SSSR count). The average molecular weight is 318 g/mol. The summed E-state index contributed by atoms with van der Waals surface area (Å²) in [7, 11) is 0. The van der Waals surface area contributed by atoms with E-state index in [0.29, 0.717) is 5.56 Å². The van der Waals surface area contributed by atoms with Gasteiger partial charge >= 0.3 is 0 Å². The molecule has 0 aromatic heterocycles. The first kappa shape index (κ1) is 16.4. The fourth-order valence-electron chi connectivity index (χ4n) is 3.64. The van der Waals surface area contributed by atoms with Crippen molar-refractivity contribution in [2.45, 2.75) is 31.7 Å². The second kappa shape index (κ2) is 6.98. The van der Waals surface area contributed by atoms with Crippen molar-refractivity contribution in [2.24, 2.45) is 0 Å². The molecule has 0 spiro atoms. The summed E-state index contributed by atoms with van der Waals surface area (Å²) < 4.78 is 0. The Kier molecular flexibility index (Phi) is 4.78. The normalized spacial score (nSPS) is 17.2. The molecule has 0 N–H and O–H groups in total. The van der Waals surface area contributed by atoms with E-state index >= 15 is 0 Å². The van der Waals surface area contributed by atoms with Gasteiger partial charge in [0.1, 0.15) is 5.78 Å². The zero-order valence-corrected chi connectivity index (χ0v) is 14.0. The van der Waals surface area contributed by atoms with E-state index in [1.54, 1.807) is 6.92 Å². The van der Waals surface area contributed by atoms with Gasteiger partial charge in [-0.15, -0.1) is 0 Å². The number of Topliss-reactive ketones (excluding diaryl/α,β-unsaturated/α-hetero) is 1. The molecule has 1 heterocycles. The molecular weight excluding hydrogens is 296 g/mol. The second-order valence-corrected chi connectivity index (χ2v) is 6.59. The molecule has 0 unspecified atom stereocenters. The van der Waals surface area contributed by atoms with Crippen LogP contribution in [0.1, 0.15) is 36.5 Å². The number of nitriles is 1. The van der Waals surface area contributed by atoms with Gasteiger partial charge in [0, 0.05) is 6.54 Å². The summed E-state index contributed by atoms with van der Waals surface area (Å²) in [6.07, 6.45) is 1.73. The molecule has 2 aromatic rings. The Bertz CT molecular complexity index is 736. The number of hydrogen-bond donors (Lipinski definition) is 0. The molecule has 3 heteroatoms. The molecule has 3 nitrogen and oxygen atoms in total. The first-order valence-electron chi connectivity index (χ1n) is 8.42. The van der Waals surface area contributed by atoms with Gasteiger partial charge < -0.3 is 0 Å². The predicted octanol–water partition coefficient (Wildman–Crippen LogP) is 3.68. The number of benzene rings is 2. The average Bonchev–Trinajstić information content (AvgIpc) is 2.63. The van der Waals surface area contributed by atoms with Crippen molar-refractivity contribution in [1.29, 1.82) is 5.26 Å². The smallest absolute Gasteiger partial charge is 0.140 e. The number of likely N-dealkylation sites (tertiary alicyclic amines) is 1. The maximum Gasteiger partial charge on any atom is 0.140 e. The summed E-state index contributed by atoms with van der Waals surface area (Å²) in [6, 6.07) is 20.1. The zero-order chi connectivity index (χ0) is 17.0. The number of ketones is 1. The Morgan fingerprint density at radius 2 is 1.71 bits per heavy atom. The lowest BCUT2D eigenvalue weighted by molar-refractivity contribution is -0.124. The van der Waals surface area contributed by atoms with Gasteiger partial charge in [0.05, 0.1) is 17.0 Å². The second-order valence-electron chi connectivity index (χ2n) is 6.59. The van der Waals surface area contributed by atoms with Crippen LogP contribution in [-0.2, 0) is 16.8 Å². The maximum absolute atomic E-state index is 12.4. The largest absolute Gasteiger partial charge is 0.299 e. The van der Waals surface area contributed by atoms with E-state index in [9.17, 15) is 4.79 Å². The van der Waals surface area contributed by atoms with Crippen LogP contribution in [0.3, 0.4) is 0 Å². The number of carbonyl (C=O) groups is 1. The van der Waals surface area contributed by atoms with Gasteiger partial charge in [0.25, 0.3) is 0 Å². The van der Waals surface area contributed by atoms with E-state index in [0.717, 1.165) is 38.0 Å². The fraction of sp³-hybridized carbons (Fsp3) is 0.333. The summed E-state index contributed by atoms with van der Waals surface area (Å²) in [5, 5.41) is 8.88. The van der Waals surface area contributed by atoms with Crippen LogP contribution in [0.5, 0.6) is 0 Å². The summed E-state index contributed by atoms with van der Waals surface area (Å²) >= 11 is 0. The molecule has 0 radical (unpaired) electrons. The molecule has 0 amide bonds. The minimum absolute atomic E-state index is 0.270. The summed E-state index contributed by atoms with van der Waals surface area (Å²) in [5.41, 5.74) is 2.72. The van der Waals surface area contributed by atoms with Crippen LogP contribution in [0.15, 0.2) is 54.6 Å². The van der Waals surface area contributed by atoms with Gasteiger partial charge in [0.15, 0.2) is 0 Å². The van der Waals surface area contributed by atoms with Crippen molar-refractivity contribution >= 4 is 5.78 Å². The van der Waals surface area contributed by atoms with Crippen LogP contribution in [-0.4, -0.2) is 23.8 Å². The molecule has 0 aliphatic carbocycles. The highest BCUT2D eigenvalue weighted by Gasteiger charge is 2.40. The number of piperidine rings is 1. The summed E-state index contributed by atoms with van der Waals surface area (Å²) in [4.78, 5) is 14.8. The lowest BCUT2D eigenvalue weighted by Gasteiger charge is -2.40. The van der Waals surface area contributed by atoms with Gasteiger partial charge in [0.2, 0.25) is 0 Å². The Morgan fingerprint density at radius 3 is 2.25 bits per heavy atom. The summed E-state index contributed by atoms with van der Waals surface area (Å²) in [6.45, 7) is 4.42. The number of carbonyl (C=O) groups excluding carboxylic acids is 1. The van der Waals surface area contributed by atoms with E-state index in [-0.39, 0.29) is 11.2 Å². The Morgan fingerprint density at radius 1 is 1.08 bits per heavy atom. The Hall–Kier alpha value is -2.44. The number of hydrogen-bond acceptors (Lipinski definition) is 3. The molecule has 0 bridgehead atoms. The Balaban J connectivity index is 1.69. The van der Waals surface area contributed by atoms with Gasteiger partial charge in [-0.25, -0.2) is 0 Å². The highest BCUT2D eigenvalue weighted by atomic mass is 16.1. The highest BCUT2D eigenvalue weighted by molar-refractivity contribution is 5.88. The Labute approximate surface area is 143 Å². The van der Waals surface area contributed by atoms with Crippen LogP contribution < -0.4 is 0 Å². The van der Waals surface area contributed by atoms with Crippen LogP contribution in [0.4, 0.5) is 0 Å². The summed E-state index contributed by atoms with van der Waals surface area (Å²) in [5.74, 6) is 0.270. The van der Waals surface area contributed by atoms with Crippen LogP contribution >= 0.6 is 0 Å². The SMILES string of the molecule is CC(=O)C1(c2ccccc2)CCN(Cc2ccc(C#N)cc2)CC1. The zero-order valence-electron chi connectivity index (χ0n) is 14.0. The number of rotatable bonds is 4. The molecule has 1 fully saturated rings. The molecule has 1 aliphatic heterocycles. The van der Waals surface area contributed by atoms with Gasteiger partial charge in [-0.2, -0.15) is 5.26 Å². The van der Waals surface area contributed by atoms with E-state index < -0.39 is 0 Å². The maximum atomic E-state index is 12.4. The van der Waals surface area contributed by atoms with Crippen LogP contribution in [0.25, 0.3) is 0 Å². The molecular formula is C21H22N2O. The molecule has 2 aromatic carbocycles. The van der Waals surface area contributed by atoms with E-state index in [2.05, 4.69) is 23.1 Å². The van der Waals surface area contributed by atoms with Gasteiger partial charge in [-0.1, -0.05) is 42.5 Å². The van der Waals surface area contributed by atoms with Crippen molar-refractivity contribution in [1.82, 2.24) is 4.90 Å². The lowest BCUT2D eigenvalue weighted by atomic mass is 9.70. The molecule has 0 saturated carbocycles. The topological polar surface area (TPSA) is 44.1 Å². The standard InChI is InChI=1S/C21H22N2O/c1-17(24)21(20-5-3-2-4-6-20)11-13-23(14-12-21)16-19-9-7-18(15-22)8-10-19/h2-10H,11-14,16H2,1H3. The molecule has 1 aliphatic rings. The van der Waals surface area contributed by atoms with Crippen LogP contribution in [0.2, 0.25) is 0 Å². The third kappa shape index (κ3) is 3.25. The highest BCUT2D eigenvalue weighted by Crippen LogP contribution is 2.36. The fourth-order valence-corrected chi connectivity index (χ4v) is 3.64. The minimum atomic E-state index is -0.331. The monoisotopic (exact) mass is 318 g/mol. The van der Waals surface area contributed by atoms with Crippen molar-refractivity contribution in [3.05, 3.63) is 71.3 Å². The van der Waals surface area contributed by atoms with E-state index in [1.807, 2.05) is 42.5 Å². The van der Waals surface area contributed by atoms with Crippen molar-refractivity contribution < 1.29 is 4.79 Å². The number of nitrogens with zero attached hydrogens (tertiary/aromatic N) is 2. The quantitative estimate of drug-likeness (QED) is 0.864. The minimum Gasteiger partial charge on any atom is -0.299 e. The molecule has 1 saturated heterocycles. The van der Waals surface area contributed by atoms with E-state index in [1.165, 1.54) is 5.56 Å². The van der Waals surface area contributed by atoms with Crippen LogP contribution in [0, 0.1) is 11.3 Å². The van der Waals surface area contributed by atoms with Crippen molar-refractivity contribution in [3.63, 3.8) is 0 Å². The third-order valence-electron chi connectivity index (χ3n) is 5.20. The first-order chi connectivity index (χ1) is 11.6. The molecule has 24 heavy (non-hydrogen) atoms. The lowest BCUT2D eigenvalue weighted by Crippen LogP contribution is -2.46. The van der Waals surface area contributed by atoms with E-state index in [4.69, 9.17) is 5.26 Å². The molecule has 0 atom stereocenters. The van der Waals surface area contributed by atoms with Gasteiger partial charge in [-0.05, 0) is 56.1 Å². The first-order valence-corrected chi connectivity index (χ1v) is 8.42. The predicted molar refractivity (Wildman–Crippen MR) is 94.5 cm³/mol. The molecule has 122 valence electrons. The van der Waals surface area contributed by atoms with Crippen molar-refractivity contribution in [3.8, 4) is 6.07 Å². The third-order valence-corrected chi connectivity index (χ3v) is 5.20. The van der Waals surface area contributed by atoms with Crippen molar-refractivity contribution in [2.75, 3.05) is 13.1 Å². The van der Waals surface area contributed by atoms with Gasteiger partial charge in [-0.3, -0.25) is 9.69 Å².